The molecule has 1 rings (SSSR count). The van der Waals surface area contributed by atoms with E-state index in [4.69, 9.17) is 4.74 Å². The molecule has 0 unspecified atom stereocenters. The Morgan fingerprint density at radius 2 is 1.94 bits per heavy atom. The molecule has 0 heterocycles. The maximum atomic E-state index is 11.2. The minimum absolute atomic E-state index is 0.0108. The number of carbonyl (C=O) groups is 1. The third-order valence-electron chi connectivity index (χ3n) is 2.63. The number of ether oxygens (including phenoxy) is 1. The third kappa shape index (κ3) is 3.84. The Kier molecular flexibility index (Phi) is 4.97. The topological polar surface area (TPSA) is 26.3 Å². The Bertz CT molecular complexity index is 431. The number of hydrogen-bond donors (Lipinski definition) is 0. The van der Waals surface area contributed by atoms with E-state index in [1.165, 1.54) is 0 Å². The molecular weight excluding hydrogens is 292 g/mol. The van der Waals surface area contributed by atoms with Gasteiger partial charge in [-0.05, 0) is 45.0 Å². The minimum atomic E-state index is 0.0108. The van der Waals surface area contributed by atoms with Crippen LogP contribution in [0.4, 0.5) is 0 Å². The Morgan fingerprint density at radius 1 is 1.33 bits per heavy atom. The summed E-state index contributed by atoms with van der Waals surface area (Å²) >= 11 is 3.50. The van der Waals surface area contributed by atoms with Crippen LogP contribution in [0, 0.1) is 5.92 Å². The standard InChI is InChI=1S/C15H21BrO2/c1-10(2)9-18-14-11(8-17)6-12(7-13(14)16)15(3,4)5/h6-8,10H,9H2,1-5H3. The van der Waals surface area contributed by atoms with Crippen LogP contribution in [0.15, 0.2) is 16.6 Å². The fraction of sp³-hybridized carbons (Fsp3) is 0.533. The fourth-order valence-corrected chi connectivity index (χ4v) is 2.13. The first-order chi connectivity index (χ1) is 8.25. The Balaban J connectivity index is 3.16. The molecule has 0 N–H and O–H groups in total. The van der Waals surface area contributed by atoms with Crippen molar-refractivity contribution in [1.29, 1.82) is 0 Å². The molecule has 0 saturated heterocycles. The SMILES string of the molecule is CC(C)COc1c(Br)cc(C(C)(C)C)cc1C=O. The highest BCUT2D eigenvalue weighted by Crippen LogP contribution is 2.34. The number of carbonyl (C=O) groups excluding carboxylic acids is 1. The summed E-state index contributed by atoms with van der Waals surface area (Å²) in [5, 5.41) is 0. The van der Waals surface area contributed by atoms with Crippen LogP contribution in [0.5, 0.6) is 5.75 Å². The van der Waals surface area contributed by atoms with Crippen LogP contribution in [-0.4, -0.2) is 12.9 Å². The van der Waals surface area contributed by atoms with Gasteiger partial charge in [-0.25, -0.2) is 0 Å². The summed E-state index contributed by atoms with van der Waals surface area (Å²) in [5.41, 5.74) is 1.74. The van der Waals surface area contributed by atoms with Gasteiger partial charge in [0, 0.05) is 0 Å². The summed E-state index contributed by atoms with van der Waals surface area (Å²) < 4.78 is 6.55. The van der Waals surface area contributed by atoms with Crippen molar-refractivity contribution in [2.24, 2.45) is 5.92 Å². The molecule has 2 nitrogen and oxygen atoms in total. The van der Waals surface area contributed by atoms with Crippen LogP contribution < -0.4 is 4.74 Å². The highest BCUT2D eigenvalue weighted by Gasteiger charge is 2.18. The molecule has 0 radical (unpaired) electrons. The average molecular weight is 313 g/mol. The maximum Gasteiger partial charge on any atom is 0.153 e. The molecule has 18 heavy (non-hydrogen) atoms. The first-order valence-electron chi connectivity index (χ1n) is 6.17. The van der Waals surface area contributed by atoms with Gasteiger partial charge in [0.1, 0.15) is 5.75 Å². The molecule has 0 fully saturated rings. The van der Waals surface area contributed by atoms with Crippen molar-refractivity contribution < 1.29 is 9.53 Å². The van der Waals surface area contributed by atoms with Crippen LogP contribution in [0.1, 0.15) is 50.5 Å². The molecule has 0 aliphatic rings. The normalized spacial score (nSPS) is 11.7. The summed E-state index contributed by atoms with van der Waals surface area (Å²) in [6.45, 7) is 11.1. The highest BCUT2D eigenvalue weighted by atomic mass is 79.9. The van der Waals surface area contributed by atoms with Gasteiger partial charge in [-0.1, -0.05) is 34.6 Å². The Morgan fingerprint density at radius 3 is 2.39 bits per heavy atom. The smallest absolute Gasteiger partial charge is 0.153 e. The van der Waals surface area contributed by atoms with E-state index in [0.717, 1.165) is 16.3 Å². The van der Waals surface area contributed by atoms with E-state index in [1.54, 1.807) is 0 Å². The van der Waals surface area contributed by atoms with Gasteiger partial charge in [-0.15, -0.1) is 0 Å². The number of hydrogen-bond acceptors (Lipinski definition) is 2. The van der Waals surface area contributed by atoms with Gasteiger partial charge in [0.25, 0.3) is 0 Å². The first-order valence-corrected chi connectivity index (χ1v) is 6.97. The van der Waals surface area contributed by atoms with E-state index in [2.05, 4.69) is 50.5 Å². The molecule has 0 amide bonds. The lowest BCUT2D eigenvalue weighted by Crippen LogP contribution is -2.13. The first kappa shape index (κ1) is 15.2. The lowest BCUT2D eigenvalue weighted by Gasteiger charge is -2.21. The van der Waals surface area contributed by atoms with E-state index in [1.807, 2.05) is 12.1 Å². The number of halogens is 1. The Labute approximate surface area is 118 Å². The van der Waals surface area contributed by atoms with Crippen LogP contribution in [0.3, 0.4) is 0 Å². The highest BCUT2D eigenvalue weighted by molar-refractivity contribution is 9.10. The molecular formula is C15H21BrO2. The van der Waals surface area contributed by atoms with Gasteiger partial charge >= 0.3 is 0 Å². The molecule has 0 aromatic heterocycles. The quantitative estimate of drug-likeness (QED) is 0.760. The summed E-state index contributed by atoms with van der Waals surface area (Å²) in [7, 11) is 0. The van der Waals surface area contributed by atoms with E-state index in [0.29, 0.717) is 23.8 Å². The zero-order valence-corrected chi connectivity index (χ0v) is 13.3. The summed E-state index contributed by atoms with van der Waals surface area (Å²) in [6.07, 6.45) is 0.857. The molecule has 0 saturated carbocycles. The maximum absolute atomic E-state index is 11.2. The van der Waals surface area contributed by atoms with Crippen molar-refractivity contribution in [2.75, 3.05) is 6.61 Å². The fourth-order valence-electron chi connectivity index (χ4n) is 1.54. The number of rotatable bonds is 4. The van der Waals surface area contributed by atoms with E-state index in [9.17, 15) is 4.79 Å². The predicted octanol–water partition coefficient (Wildman–Crippen LogP) is 4.59. The molecule has 0 spiro atoms. The van der Waals surface area contributed by atoms with E-state index < -0.39 is 0 Å². The molecule has 1 aromatic carbocycles. The van der Waals surface area contributed by atoms with E-state index in [-0.39, 0.29) is 5.41 Å². The third-order valence-corrected chi connectivity index (χ3v) is 3.22. The monoisotopic (exact) mass is 312 g/mol. The van der Waals surface area contributed by atoms with E-state index >= 15 is 0 Å². The number of benzene rings is 1. The van der Waals surface area contributed by atoms with Crippen molar-refractivity contribution >= 4 is 22.2 Å². The minimum Gasteiger partial charge on any atom is -0.491 e. The van der Waals surface area contributed by atoms with Gasteiger partial charge in [-0.2, -0.15) is 0 Å². The van der Waals surface area contributed by atoms with Gasteiger partial charge in [0.2, 0.25) is 0 Å². The van der Waals surface area contributed by atoms with Crippen molar-refractivity contribution in [2.45, 2.75) is 40.0 Å². The van der Waals surface area contributed by atoms with Crippen LogP contribution in [0.2, 0.25) is 0 Å². The number of aldehydes is 1. The molecule has 0 aliphatic carbocycles. The van der Waals surface area contributed by atoms with Gasteiger partial charge in [0.15, 0.2) is 6.29 Å². The zero-order valence-electron chi connectivity index (χ0n) is 11.7. The van der Waals surface area contributed by atoms with Crippen LogP contribution in [-0.2, 0) is 5.41 Å². The predicted molar refractivity (Wildman–Crippen MR) is 78.6 cm³/mol. The van der Waals surface area contributed by atoms with Gasteiger partial charge < -0.3 is 4.74 Å². The molecule has 0 aliphatic heterocycles. The lowest BCUT2D eigenvalue weighted by atomic mass is 9.86. The van der Waals surface area contributed by atoms with Crippen molar-refractivity contribution in [3.05, 3.63) is 27.7 Å². The second-order valence-corrected chi connectivity index (χ2v) is 6.80. The van der Waals surface area contributed by atoms with Gasteiger partial charge in [0.05, 0.1) is 16.6 Å². The van der Waals surface area contributed by atoms with Crippen molar-refractivity contribution in [3.63, 3.8) is 0 Å². The average Bonchev–Trinajstić information content (AvgIpc) is 2.24. The van der Waals surface area contributed by atoms with Crippen LogP contribution in [0.25, 0.3) is 0 Å². The lowest BCUT2D eigenvalue weighted by molar-refractivity contribution is 0.111. The summed E-state index contributed by atoms with van der Waals surface area (Å²) in [6, 6.07) is 3.94. The van der Waals surface area contributed by atoms with Crippen molar-refractivity contribution in [3.8, 4) is 5.75 Å². The molecule has 0 atom stereocenters. The molecule has 100 valence electrons. The van der Waals surface area contributed by atoms with Crippen molar-refractivity contribution in [1.82, 2.24) is 0 Å². The molecule has 3 heteroatoms. The second-order valence-electron chi connectivity index (χ2n) is 5.95. The van der Waals surface area contributed by atoms with Crippen LogP contribution >= 0.6 is 15.9 Å². The summed E-state index contributed by atoms with van der Waals surface area (Å²) in [4.78, 5) is 11.2. The summed E-state index contributed by atoms with van der Waals surface area (Å²) in [5.74, 6) is 1.07. The van der Waals surface area contributed by atoms with Gasteiger partial charge in [-0.3, -0.25) is 4.79 Å². The molecule has 0 bridgehead atoms. The largest absolute Gasteiger partial charge is 0.491 e. The Hall–Kier alpha value is -0.830. The molecule has 1 aromatic rings. The second kappa shape index (κ2) is 5.87. The zero-order chi connectivity index (χ0) is 13.9.